The van der Waals surface area contributed by atoms with Crippen molar-refractivity contribution in [2.24, 2.45) is 0 Å². The summed E-state index contributed by atoms with van der Waals surface area (Å²) in [5.74, 6) is 0.0767. The second kappa shape index (κ2) is 9.77. The van der Waals surface area contributed by atoms with Gasteiger partial charge in [0.05, 0.1) is 13.2 Å². The predicted molar refractivity (Wildman–Crippen MR) is 94.9 cm³/mol. The van der Waals surface area contributed by atoms with E-state index in [4.69, 9.17) is 9.47 Å². The van der Waals surface area contributed by atoms with Crippen LogP contribution in [0.15, 0.2) is 30.3 Å². The van der Waals surface area contributed by atoms with Gasteiger partial charge < -0.3 is 14.4 Å². The SMILES string of the molecule is CCN(C(=O)COCCOC)C1CCN(C(C)c2ccccc2)C1. The van der Waals surface area contributed by atoms with Crippen LogP contribution in [-0.2, 0) is 14.3 Å². The van der Waals surface area contributed by atoms with Gasteiger partial charge in [-0.05, 0) is 25.8 Å². The third kappa shape index (κ3) is 5.03. The fourth-order valence-corrected chi connectivity index (χ4v) is 3.34. The highest BCUT2D eigenvalue weighted by atomic mass is 16.5. The molecule has 24 heavy (non-hydrogen) atoms. The van der Waals surface area contributed by atoms with Gasteiger partial charge in [0.25, 0.3) is 0 Å². The maximum atomic E-state index is 12.4. The van der Waals surface area contributed by atoms with Crippen molar-refractivity contribution >= 4 is 5.91 Å². The van der Waals surface area contributed by atoms with Crippen molar-refractivity contribution in [3.8, 4) is 0 Å². The molecule has 1 aromatic rings. The van der Waals surface area contributed by atoms with Crippen molar-refractivity contribution in [3.63, 3.8) is 0 Å². The quantitative estimate of drug-likeness (QED) is 0.650. The zero-order chi connectivity index (χ0) is 17.4. The molecule has 0 radical (unpaired) electrons. The van der Waals surface area contributed by atoms with Crippen molar-refractivity contribution in [2.75, 3.05) is 46.6 Å². The van der Waals surface area contributed by atoms with Crippen LogP contribution >= 0.6 is 0 Å². The lowest BCUT2D eigenvalue weighted by Gasteiger charge is -2.29. The molecule has 0 spiro atoms. The lowest BCUT2D eigenvalue weighted by Crippen LogP contribution is -2.44. The minimum absolute atomic E-state index is 0.0767. The van der Waals surface area contributed by atoms with E-state index in [9.17, 15) is 4.79 Å². The monoisotopic (exact) mass is 334 g/mol. The average Bonchev–Trinajstić information content (AvgIpc) is 3.09. The maximum absolute atomic E-state index is 12.4. The van der Waals surface area contributed by atoms with Crippen LogP contribution in [0.4, 0.5) is 0 Å². The van der Waals surface area contributed by atoms with Crippen molar-refractivity contribution in [1.82, 2.24) is 9.80 Å². The second-order valence-electron chi connectivity index (χ2n) is 6.25. The fourth-order valence-electron chi connectivity index (χ4n) is 3.34. The van der Waals surface area contributed by atoms with Gasteiger partial charge in [0.15, 0.2) is 0 Å². The molecule has 1 aliphatic heterocycles. The number of benzene rings is 1. The summed E-state index contributed by atoms with van der Waals surface area (Å²) in [5.41, 5.74) is 1.33. The van der Waals surface area contributed by atoms with Crippen LogP contribution in [0.2, 0.25) is 0 Å². The Morgan fingerprint density at radius 2 is 2.08 bits per heavy atom. The molecule has 0 saturated carbocycles. The molecule has 1 amide bonds. The van der Waals surface area contributed by atoms with Crippen LogP contribution < -0.4 is 0 Å². The van der Waals surface area contributed by atoms with E-state index in [2.05, 4.69) is 36.1 Å². The van der Waals surface area contributed by atoms with E-state index >= 15 is 0 Å². The summed E-state index contributed by atoms with van der Waals surface area (Å²) in [5, 5.41) is 0. The predicted octanol–water partition coefficient (Wildman–Crippen LogP) is 2.33. The first-order valence-corrected chi connectivity index (χ1v) is 8.82. The lowest BCUT2D eigenvalue weighted by molar-refractivity contribution is -0.138. The molecular weight excluding hydrogens is 304 g/mol. The number of amides is 1. The van der Waals surface area contributed by atoms with E-state index in [1.54, 1.807) is 7.11 Å². The largest absolute Gasteiger partial charge is 0.382 e. The summed E-state index contributed by atoms with van der Waals surface area (Å²) in [7, 11) is 1.63. The van der Waals surface area contributed by atoms with Crippen LogP contribution in [0, 0.1) is 0 Å². The highest BCUT2D eigenvalue weighted by molar-refractivity contribution is 5.77. The van der Waals surface area contributed by atoms with Gasteiger partial charge in [-0.25, -0.2) is 0 Å². The molecule has 1 aliphatic rings. The van der Waals surface area contributed by atoms with E-state index < -0.39 is 0 Å². The van der Waals surface area contributed by atoms with Crippen LogP contribution in [0.1, 0.15) is 31.9 Å². The molecule has 0 bridgehead atoms. The van der Waals surface area contributed by atoms with Gasteiger partial charge in [-0.3, -0.25) is 9.69 Å². The summed E-state index contributed by atoms with van der Waals surface area (Å²) in [4.78, 5) is 16.8. The molecule has 134 valence electrons. The third-order valence-electron chi connectivity index (χ3n) is 4.78. The van der Waals surface area contributed by atoms with Crippen LogP contribution in [0.5, 0.6) is 0 Å². The number of methoxy groups -OCH3 is 1. The van der Waals surface area contributed by atoms with Gasteiger partial charge in [0.1, 0.15) is 6.61 Å². The topological polar surface area (TPSA) is 42.0 Å². The average molecular weight is 334 g/mol. The van der Waals surface area contributed by atoms with Crippen molar-refractivity contribution in [1.29, 1.82) is 0 Å². The number of hydrogen-bond donors (Lipinski definition) is 0. The van der Waals surface area contributed by atoms with E-state index in [0.717, 1.165) is 26.1 Å². The highest BCUT2D eigenvalue weighted by Gasteiger charge is 2.32. The van der Waals surface area contributed by atoms with Crippen molar-refractivity contribution < 1.29 is 14.3 Å². The molecule has 5 heteroatoms. The third-order valence-corrected chi connectivity index (χ3v) is 4.78. The Bertz CT molecular complexity index is 495. The number of likely N-dealkylation sites (N-methyl/N-ethyl adjacent to an activating group) is 1. The zero-order valence-corrected chi connectivity index (χ0v) is 15.1. The smallest absolute Gasteiger partial charge is 0.248 e. The first-order chi connectivity index (χ1) is 11.7. The van der Waals surface area contributed by atoms with E-state index in [1.807, 2.05) is 17.9 Å². The van der Waals surface area contributed by atoms with Crippen molar-refractivity contribution in [3.05, 3.63) is 35.9 Å². The minimum Gasteiger partial charge on any atom is -0.382 e. The molecular formula is C19H30N2O3. The first kappa shape index (κ1) is 18.9. The van der Waals surface area contributed by atoms with Crippen LogP contribution in [0.25, 0.3) is 0 Å². The lowest BCUT2D eigenvalue weighted by atomic mass is 10.1. The summed E-state index contributed by atoms with van der Waals surface area (Å²) in [6, 6.07) is 11.2. The Balaban J connectivity index is 1.86. The number of nitrogens with zero attached hydrogens (tertiary/aromatic N) is 2. The standard InChI is InChI=1S/C19H30N2O3/c1-4-21(19(22)15-24-13-12-23-3)18-10-11-20(14-18)16(2)17-8-6-5-7-9-17/h5-9,16,18H,4,10-15H2,1-3H3. The van der Waals surface area contributed by atoms with Crippen LogP contribution in [0.3, 0.4) is 0 Å². The number of carbonyl (C=O) groups is 1. The Hall–Kier alpha value is -1.43. The molecule has 0 aliphatic carbocycles. The molecule has 0 aromatic heterocycles. The Morgan fingerprint density at radius 1 is 1.33 bits per heavy atom. The van der Waals surface area contributed by atoms with Gasteiger partial charge >= 0.3 is 0 Å². The molecule has 2 atom stereocenters. The van der Waals surface area contributed by atoms with Crippen LogP contribution in [-0.4, -0.2) is 68.3 Å². The molecule has 1 fully saturated rings. The van der Waals surface area contributed by atoms with Gasteiger partial charge in [-0.1, -0.05) is 30.3 Å². The molecule has 1 heterocycles. The van der Waals surface area contributed by atoms with Gasteiger partial charge in [0.2, 0.25) is 5.91 Å². The van der Waals surface area contributed by atoms with E-state index in [1.165, 1.54) is 5.56 Å². The Morgan fingerprint density at radius 3 is 2.75 bits per heavy atom. The molecule has 1 saturated heterocycles. The number of carbonyl (C=O) groups excluding carboxylic acids is 1. The normalized spacial score (nSPS) is 19.4. The molecule has 5 nitrogen and oxygen atoms in total. The molecule has 2 unspecified atom stereocenters. The van der Waals surface area contributed by atoms with E-state index in [0.29, 0.717) is 19.3 Å². The minimum atomic E-state index is 0.0767. The Labute approximate surface area is 145 Å². The summed E-state index contributed by atoms with van der Waals surface area (Å²) < 4.78 is 10.3. The number of rotatable bonds is 9. The number of ether oxygens (including phenoxy) is 2. The van der Waals surface area contributed by atoms with E-state index in [-0.39, 0.29) is 18.6 Å². The second-order valence-corrected chi connectivity index (χ2v) is 6.25. The number of hydrogen-bond acceptors (Lipinski definition) is 4. The van der Waals surface area contributed by atoms with Gasteiger partial charge in [0, 0.05) is 38.8 Å². The summed E-state index contributed by atoms with van der Waals surface area (Å²) in [6.07, 6.45) is 1.02. The Kier molecular flexibility index (Phi) is 7.69. The first-order valence-electron chi connectivity index (χ1n) is 8.82. The zero-order valence-electron chi connectivity index (χ0n) is 15.1. The maximum Gasteiger partial charge on any atom is 0.248 e. The summed E-state index contributed by atoms with van der Waals surface area (Å²) in [6.45, 7) is 8.07. The molecule has 0 N–H and O–H groups in total. The summed E-state index contributed by atoms with van der Waals surface area (Å²) >= 11 is 0. The highest BCUT2D eigenvalue weighted by Crippen LogP contribution is 2.26. The number of likely N-dealkylation sites (tertiary alicyclic amines) is 1. The van der Waals surface area contributed by atoms with Gasteiger partial charge in [-0.15, -0.1) is 0 Å². The molecule has 1 aromatic carbocycles. The van der Waals surface area contributed by atoms with Gasteiger partial charge in [-0.2, -0.15) is 0 Å². The fraction of sp³-hybridized carbons (Fsp3) is 0.632. The molecule has 2 rings (SSSR count). The van der Waals surface area contributed by atoms with Crippen molar-refractivity contribution in [2.45, 2.75) is 32.4 Å².